The lowest BCUT2D eigenvalue weighted by Crippen LogP contribution is -2.55. The average molecular weight is 517 g/mol. The van der Waals surface area contributed by atoms with Gasteiger partial charge < -0.3 is 25.8 Å². The molecule has 0 amide bonds. The Labute approximate surface area is 213 Å². The molecule has 1 aromatic rings. The zero-order valence-electron chi connectivity index (χ0n) is 21.0. The molecule has 10 nitrogen and oxygen atoms in total. The normalized spacial score (nSPS) is 27.4. The SMILES string of the molecule is CCC1(N)C=C(Nc2ccc(S(=O)(=O)N3CCCCC3N3CCOCC3)cc2OC)NC2=NCC=C21. The Balaban J connectivity index is 1.40. The van der Waals surface area contributed by atoms with Crippen molar-refractivity contribution >= 4 is 21.5 Å². The number of hydrogen-bond donors (Lipinski definition) is 3. The smallest absolute Gasteiger partial charge is 0.244 e. The van der Waals surface area contributed by atoms with Crippen LogP contribution in [0.3, 0.4) is 0 Å². The number of nitrogens with one attached hydrogen (secondary N) is 2. The van der Waals surface area contributed by atoms with Crippen LogP contribution in [0.5, 0.6) is 5.75 Å². The standard InChI is InChI=1S/C25H36N6O4S/c1-3-25(26)17-22(29-24-19(25)9-10-27-24)28-20-8-7-18(16-21(20)34-2)36(32,33)31-11-5-4-6-23(31)30-12-14-35-15-13-30/h7-9,16-17,23,28H,3-6,10-15,26H2,1-2H3,(H,27,29). The van der Waals surface area contributed by atoms with Crippen LogP contribution in [0.25, 0.3) is 0 Å². The van der Waals surface area contributed by atoms with Gasteiger partial charge in [0.25, 0.3) is 0 Å². The maximum Gasteiger partial charge on any atom is 0.244 e. The molecule has 2 atom stereocenters. The maximum absolute atomic E-state index is 13.8. The second-order valence-electron chi connectivity index (χ2n) is 9.61. The fraction of sp³-hybridized carbons (Fsp3) is 0.560. The van der Waals surface area contributed by atoms with Gasteiger partial charge >= 0.3 is 0 Å². The predicted molar refractivity (Wildman–Crippen MR) is 139 cm³/mol. The van der Waals surface area contributed by atoms with Gasteiger partial charge in [-0.2, -0.15) is 4.31 Å². The lowest BCUT2D eigenvalue weighted by Gasteiger charge is -2.43. The molecule has 4 aliphatic rings. The summed E-state index contributed by atoms with van der Waals surface area (Å²) in [6, 6.07) is 4.98. The molecular formula is C25H36N6O4S. The van der Waals surface area contributed by atoms with Crippen molar-refractivity contribution in [1.82, 2.24) is 14.5 Å². The molecule has 0 spiro atoms. The number of morpholine rings is 1. The van der Waals surface area contributed by atoms with Crippen LogP contribution in [0.15, 0.2) is 51.6 Å². The number of anilines is 1. The molecule has 0 aromatic heterocycles. The van der Waals surface area contributed by atoms with E-state index in [1.54, 1.807) is 22.5 Å². The van der Waals surface area contributed by atoms with Gasteiger partial charge in [0, 0.05) is 31.3 Å². The monoisotopic (exact) mass is 516 g/mol. The van der Waals surface area contributed by atoms with Crippen LogP contribution in [-0.4, -0.2) is 81.7 Å². The molecule has 0 bridgehead atoms. The first kappa shape index (κ1) is 25.2. The highest BCUT2D eigenvalue weighted by atomic mass is 32.2. The van der Waals surface area contributed by atoms with E-state index < -0.39 is 15.6 Å². The number of nitrogens with two attached hydrogens (primary N) is 1. The van der Waals surface area contributed by atoms with Gasteiger partial charge in [0.05, 0.1) is 49.2 Å². The lowest BCUT2D eigenvalue weighted by molar-refractivity contribution is -0.0215. The maximum atomic E-state index is 13.8. The average Bonchev–Trinajstić information content (AvgIpc) is 3.39. The van der Waals surface area contributed by atoms with Gasteiger partial charge in [-0.05, 0) is 43.9 Å². The molecule has 0 aliphatic carbocycles. The summed E-state index contributed by atoms with van der Waals surface area (Å²) in [6.07, 6.45) is 7.28. The number of hydrogen-bond acceptors (Lipinski definition) is 9. The second kappa shape index (κ2) is 10.1. The van der Waals surface area contributed by atoms with E-state index in [9.17, 15) is 8.42 Å². The molecule has 4 heterocycles. The first-order valence-corrected chi connectivity index (χ1v) is 14.1. The van der Waals surface area contributed by atoms with E-state index in [0.29, 0.717) is 43.6 Å². The summed E-state index contributed by atoms with van der Waals surface area (Å²) < 4.78 is 40.3. The Bertz CT molecular complexity index is 1190. The molecule has 2 unspecified atom stereocenters. The minimum atomic E-state index is -3.71. The van der Waals surface area contributed by atoms with E-state index in [1.807, 2.05) is 19.1 Å². The summed E-state index contributed by atoms with van der Waals surface area (Å²) in [4.78, 5) is 6.96. The summed E-state index contributed by atoms with van der Waals surface area (Å²) in [5.74, 6) is 1.89. The molecule has 11 heteroatoms. The van der Waals surface area contributed by atoms with E-state index in [4.69, 9.17) is 15.2 Å². The number of nitrogens with zero attached hydrogens (tertiary/aromatic N) is 3. The molecule has 196 valence electrons. The van der Waals surface area contributed by atoms with Crippen molar-refractivity contribution in [3.63, 3.8) is 0 Å². The highest BCUT2D eigenvalue weighted by Gasteiger charge is 2.38. The first-order chi connectivity index (χ1) is 17.4. The number of benzene rings is 1. The Morgan fingerprint density at radius 3 is 2.83 bits per heavy atom. The van der Waals surface area contributed by atoms with Gasteiger partial charge in [-0.3, -0.25) is 9.89 Å². The van der Waals surface area contributed by atoms with E-state index in [-0.39, 0.29) is 11.1 Å². The number of piperidine rings is 1. The Morgan fingerprint density at radius 1 is 1.28 bits per heavy atom. The number of fused-ring (bicyclic) bond motifs is 1. The first-order valence-electron chi connectivity index (χ1n) is 12.7. The molecule has 4 N–H and O–H groups in total. The third-order valence-corrected chi connectivity index (χ3v) is 9.37. The van der Waals surface area contributed by atoms with E-state index in [1.165, 1.54) is 7.11 Å². The van der Waals surface area contributed by atoms with Crippen LogP contribution < -0.4 is 21.1 Å². The number of methoxy groups -OCH3 is 1. The quantitative estimate of drug-likeness (QED) is 0.502. The van der Waals surface area contributed by atoms with Gasteiger partial charge in [-0.15, -0.1) is 0 Å². The number of ether oxygens (including phenoxy) is 2. The van der Waals surface area contributed by atoms with Crippen LogP contribution in [0, 0.1) is 0 Å². The number of aliphatic imine (C=N–C) groups is 1. The fourth-order valence-corrected chi connectivity index (χ4v) is 7.11. The van der Waals surface area contributed by atoms with Crippen LogP contribution in [0.2, 0.25) is 0 Å². The predicted octanol–water partition coefficient (Wildman–Crippen LogP) is 1.83. The van der Waals surface area contributed by atoms with E-state index in [2.05, 4.69) is 20.5 Å². The number of amidine groups is 1. The van der Waals surface area contributed by atoms with Gasteiger partial charge in [-0.25, -0.2) is 8.42 Å². The Morgan fingerprint density at radius 2 is 2.08 bits per heavy atom. The number of sulfonamides is 1. The minimum absolute atomic E-state index is 0.144. The third kappa shape index (κ3) is 4.66. The summed E-state index contributed by atoms with van der Waals surface area (Å²) >= 11 is 0. The van der Waals surface area contributed by atoms with Crippen molar-refractivity contribution in [3.8, 4) is 5.75 Å². The van der Waals surface area contributed by atoms with Crippen molar-refractivity contribution in [2.24, 2.45) is 10.7 Å². The lowest BCUT2D eigenvalue weighted by atomic mass is 9.85. The molecule has 0 saturated carbocycles. The molecule has 5 rings (SSSR count). The van der Waals surface area contributed by atoms with Crippen LogP contribution >= 0.6 is 0 Å². The summed E-state index contributed by atoms with van der Waals surface area (Å²) in [5, 5.41) is 6.62. The van der Waals surface area contributed by atoms with Gasteiger partial charge in [0.15, 0.2) is 0 Å². The summed E-state index contributed by atoms with van der Waals surface area (Å²) in [7, 11) is -2.17. The number of rotatable bonds is 7. The molecule has 2 fully saturated rings. The van der Waals surface area contributed by atoms with Crippen LogP contribution in [0.4, 0.5) is 5.69 Å². The minimum Gasteiger partial charge on any atom is -0.495 e. The molecule has 0 radical (unpaired) electrons. The third-order valence-electron chi connectivity index (χ3n) is 7.48. The largest absolute Gasteiger partial charge is 0.495 e. The van der Waals surface area contributed by atoms with E-state index >= 15 is 0 Å². The van der Waals surface area contributed by atoms with Gasteiger partial charge in [-0.1, -0.05) is 13.0 Å². The highest BCUT2D eigenvalue weighted by Crippen LogP contribution is 2.34. The van der Waals surface area contributed by atoms with Crippen LogP contribution in [-0.2, 0) is 14.8 Å². The van der Waals surface area contributed by atoms with Crippen molar-refractivity contribution in [2.75, 3.05) is 51.8 Å². The van der Waals surface area contributed by atoms with Gasteiger partial charge in [0.2, 0.25) is 10.0 Å². The second-order valence-corrected chi connectivity index (χ2v) is 11.5. The summed E-state index contributed by atoms with van der Waals surface area (Å²) in [6.45, 7) is 5.91. The topological polar surface area (TPSA) is 122 Å². The van der Waals surface area contributed by atoms with Crippen molar-refractivity contribution in [2.45, 2.75) is 49.2 Å². The van der Waals surface area contributed by atoms with Gasteiger partial charge in [0.1, 0.15) is 17.4 Å². The molecule has 4 aliphatic heterocycles. The Kier molecular flexibility index (Phi) is 7.10. The zero-order valence-corrected chi connectivity index (χ0v) is 21.8. The highest BCUT2D eigenvalue weighted by molar-refractivity contribution is 7.89. The van der Waals surface area contributed by atoms with Crippen LogP contribution in [0.1, 0.15) is 32.6 Å². The summed E-state index contributed by atoms with van der Waals surface area (Å²) in [5.41, 5.74) is 7.68. The molecule has 2 saturated heterocycles. The van der Waals surface area contributed by atoms with Crippen molar-refractivity contribution < 1.29 is 17.9 Å². The Hall–Kier alpha value is -2.44. The molecule has 36 heavy (non-hydrogen) atoms. The van der Waals surface area contributed by atoms with E-state index in [0.717, 1.165) is 50.2 Å². The van der Waals surface area contributed by atoms with Crippen molar-refractivity contribution in [1.29, 1.82) is 0 Å². The molecular weight excluding hydrogens is 480 g/mol. The zero-order chi connectivity index (χ0) is 25.3. The van der Waals surface area contributed by atoms with Crippen molar-refractivity contribution in [3.05, 3.63) is 41.7 Å². The fourth-order valence-electron chi connectivity index (χ4n) is 5.41. The molecule has 1 aromatic carbocycles.